The normalized spacial score (nSPS) is 32.9. The molecule has 2 amide bonds. The Morgan fingerprint density at radius 1 is 0.852 bits per heavy atom. The second kappa shape index (κ2) is 5.12. The maximum Gasteiger partial charge on any atom is 0.323 e. The zero-order chi connectivity index (χ0) is 19.1. The van der Waals surface area contributed by atoms with Crippen molar-refractivity contribution in [3.8, 4) is 0 Å². The lowest BCUT2D eigenvalue weighted by Crippen LogP contribution is -2.57. The molecule has 0 radical (unpaired) electrons. The average Bonchev–Trinajstić information content (AvgIpc) is 2.91. The molecule has 1 heterocycles. The molecule has 0 aromatic heterocycles. The van der Waals surface area contributed by atoms with Crippen LogP contribution in [-0.4, -0.2) is 34.3 Å². The van der Waals surface area contributed by atoms with Gasteiger partial charge in [-0.1, -0.05) is 48.5 Å². The summed E-state index contributed by atoms with van der Waals surface area (Å²) in [6.07, 6.45) is 0. The highest BCUT2D eigenvalue weighted by Crippen LogP contribution is 2.69. The van der Waals surface area contributed by atoms with E-state index < -0.39 is 45.9 Å². The number of carbonyl (C=O) groups excluding carboxylic acids is 2. The van der Waals surface area contributed by atoms with Crippen LogP contribution in [0.3, 0.4) is 0 Å². The molecule has 27 heavy (non-hydrogen) atoms. The summed E-state index contributed by atoms with van der Waals surface area (Å²) in [5, 5.41) is 9.15. The van der Waals surface area contributed by atoms with Crippen molar-refractivity contribution < 1.29 is 19.5 Å². The fourth-order valence-electron chi connectivity index (χ4n) is 5.02. The molecule has 5 nitrogen and oxygen atoms in total. The van der Waals surface area contributed by atoms with Gasteiger partial charge in [-0.3, -0.25) is 19.3 Å². The molecule has 1 fully saturated rings. The highest BCUT2D eigenvalue weighted by atomic mass is 35.5. The molecule has 2 atom stereocenters. The molecule has 0 saturated carbocycles. The van der Waals surface area contributed by atoms with Crippen LogP contribution in [0.1, 0.15) is 22.3 Å². The zero-order valence-corrected chi connectivity index (χ0v) is 15.4. The van der Waals surface area contributed by atoms with E-state index >= 15 is 0 Å². The van der Waals surface area contributed by atoms with Gasteiger partial charge in [-0.15, -0.1) is 23.2 Å². The Balaban J connectivity index is 1.86. The Morgan fingerprint density at radius 3 is 1.48 bits per heavy atom. The second-order valence-electron chi connectivity index (χ2n) is 7.13. The molecule has 4 aliphatic rings. The molecule has 2 aromatic carbocycles. The number of nitrogens with zero attached hydrogens (tertiary/aromatic N) is 1. The maximum absolute atomic E-state index is 13.1. The lowest BCUT2D eigenvalue weighted by atomic mass is 9.54. The van der Waals surface area contributed by atoms with Crippen LogP contribution >= 0.6 is 23.2 Å². The highest BCUT2D eigenvalue weighted by Gasteiger charge is 2.73. The van der Waals surface area contributed by atoms with E-state index in [9.17, 15) is 14.4 Å². The van der Waals surface area contributed by atoms with E-state index in [0.29, 0.717) is 22.3 Å². The van der Waals surface area contributed by atoms with Crippen LogP contribution in [0.5, 0.6) is 0 Å². The first-order valence-corrected chi connectivity index (χ1v) is 9.23. The summed E-state index contributed by atoms with van der Waals surface area (Å²) in [5.41, 5.74) is 2.78. The number of hydrogen-bond acceptors (Lipinski definition) is 3. The van der Waals surface area contributed by atoms with Crippen molar-refractivity contribution >= 4 is 41.0 Å². The molecule has 0 unspecified atom stereocenters. The van der Waals surface area contributed by atoms with Crippen molar-refractivity contribution in [2.75, 3.05) is 6.54 Å². The first-order chi connectivity index (χ1) is 12.8. The Labute approximate surface area is 164 Å². The van der Waals surface area contributed by atoms with Crippen LogP contribution in [0.2, 0.25) is 0 Å². The van der Waals surface area contributed by atoms with E-state index in [0.717, 1.165) is 4.90 Å². The van der Waals surface area contributed by atoms with Crippen LogP contribution in [-0.2, 0) is 24.1 Å². The lowest BCUT2D eigenvalue weighted by molar-refractivity contribution is -0.149. The molecule has 2 bridgehead atoms. The smallest absolute Gasteiger partial charge is 0.323 e. The number of hydrogen-bond donors (Lipinski definition) is 1. The van der Waals surface area contributed by atoms with E-state index in [-0.39, 0.29) is 0 Å². The van der Waals surface area contributed by atoms with Crippen LogP contribution in [0.25, 0.3) is 0 Å². The van der Waals surface area contributed by atoms with Crippen molar-refractivity contribution in [1.29, 1.82) is 0 Å². The van der Waals surface area contributed by atoms with Crippen molar-refractivity contribution in [2.45, 2.75) is 9.75 Å². The molecule has 3 aliphatic carbocycles. The first kappa shape index (κ1) is 16.8. The summed E-state index contributed by atoms with van der Waals surface area (Å²) in [7, 11) is 0. The Morgan fingerprint density at radius 2 is 1.19 bits per heavy atom. The molecule has 2 aromatic rings. The summed E-state index contributed by atoms with van der Waals surface area (Å²) < 4.78 is 0. The number of imide groups is 1. The SMILES string of the molecule is O=C(O)CN1C(=O)[C@H]2[C@H](C1=O)C1(Cl)c3ccccc3C2(Cl)c2ccccc21. The molecule has 0 spiro atoms. The molecule has 1 aliphatic heterocycles. The number of alkyl halides is 2. The minimum Gasteiger partial charge on any atom is -0.480 e. The fraction of sp³-hybridized carbons (Fsp3) is 0.250. The Hall–Kier alpha value is -2.37. The average molecular weight is 402 g/mol. The van der Waals surface area contributed by atoms with Crippen molar-refractivity contribution in [1.82, 2.24) is 4.90 Å². The summed E-state index contributed by atoms with van der Waals surface area (Å²) in [6.45, 7) is -0.697. The molecule has 6 rings (SSSR count). The van der Waals surface area contributed by atoms with E-state index in [4.69, 9.17) is 28.3 Å². The van der Waals surface area contributed by atoms with E-state index in [1.807, 2.05) is 48.5 Å². The molecular formula is C20H13Cl2NO4. The van der Waals surface area contributed by atoms with E-state index in [1.54, 1.807) is 0 Å². The summed E-state index contributed by atoms with van der Waals surface area (Å²) in [4.78, 5) is 35.7. The van der Waals surface area contributed by atoms with Crippen molar-refractivity contribution in [2.24, 2.45) is 11.8 Å². The monoisotopic (exact) mass is 401 g/mol. The van der Waals surface area contributed by atoms with Crippen LogP contribution in [0.4, 0.5) is 0 Å². The van der Waals surface area contributed by atoms with Gasteiger partial charge < -0.3 is 5.11 Å². The minimum absolute atomic E-state index is 0.587. The lowest BCUT2D eigenvalue weighted by Gasteiger charge is -2.54. The molecule has 1 saturated heterocycles. The van der Waals surface area contributed by atoms with E-state index in [1.165, 1.54) is 0 Å². The van der Waals surface area contributed by atoms with Crippen LogP contribution in [0, 0.1) is 11.8 Å². The number of carboxylic acid groups (broad SMARTS) is 1. The molecular weight excluding hydrogens is 389 g/mol. The number of benzene rings is 2. The van der Waals surface area contributed by atoms with Crippen molar-refractivity contribution in [3.05, 3.63) is 70.8 Å². The van der Waals surface area contributed by atoms with Gasteiger partial charge in [0.25, 0.3) is 0 Å². The van der Waals surface area contributed by atoms with Gasteiger partial charge in [0.1, 0.15) is 16.3 Å². The van der Waals surface area contributed by atoms with Gasteiger partial charge in [0.2, 0.25) is 11.8 Å². The van der Waals surface area contributed by atoms with Crippen LogP contribution in [0.15, 0.2) is 48.5 Å². The Bertz CT molecular complexity index is 928. The number of carboxylic acids is 1. The first-order valence-electron chi connectivity index (χ1n) is 8.47. The summed E-state index contributed by atoms with van der Waals surface area (Å²) in [5.74, 6) is -4.33. The van der Waals surface area contributed by atoms with E-state index in [2.05, 4.69) is 0 Å². The van der Waals surface area contributed by atoms with Crippen molar-refractivity contribution in [3.63, 3.8) is 0 Å². The van der Waals surface area contributed by atoms with Gasteiger partial charge in [-0.2, -0.15) is 0 Å². The predicted octanol–water partition coefficient (Wildman–Crippen LogP) is 2.66. The quantitative estimate of drug-likeness (QED) is 0.619. The highest BCUT2D eigenvalue weighted by molar-refractivity contribution is 6.36. The largest absolute Gasteiger partial charge is 0.480 e. The van der Waals surface area contributed by atoms with Gasteiger partial charge in [0, 0.05) is 0 Å². The third kappa shape index (κ3) is 1.74. The van der Waals surface area contributed by atoms with Gasteiger partial charge in [0.15, 0.2) is 0 Å². The standard InChI is InChI=1S/C20H13Cl2NO4/c21-19-10-5-1-2-6-11(10)20(22,13-8-4-3-7-12(13)19)16-15(19)17(26)23(18(16)27)9-14(24)25/h1-8,15-16H,9H2,(H,24,25)/t15-,16-,19?,20?/m1/s1. The number of carbonyl (C=O) groups is 3. The summed E-state index contributed by atoms with van der Waals surface area (Å²) in [6, 6.07) is 14.6. The number of halogens is 2. The number of likely N-dealkylation sites (tertiary alicyclic amines) is 1. The molecule has 136 valence electrons. The summed E-state index contributed by atoms with van der Waals surface area (Å²) >= 11 is 14.4. The third-order valence-corrected chi connectivity index (χ3v) is 7.25. The molecule has 7 heteroatoms. The number of rotatable bonds is 2. The molecule has 1 N–H and O–H groups in total. The Kier molecular flexibility index (Phi) is 3.18. The maximum atomic E-state index is 13.1. The van der Waals surface area contributed by atoms with Crippen LogP contribution < -0.4 is 0 Å². The minimum atomic E-state index is -1.27. The van der Waals surface area contributed by atoms with Gasteiger partial charge in [-0.05, 0) is 22.3 Å². The van der Waals surface area contributed by atoms with Gasteiger partial charge >= 0.3 is 5.97 Å². The predicted molar refractivity (Wildman–Crippen MR) is 97.5 cm³/mol. The third-order valence-electron chi connectivity index (χ3n) is 5.97. The zero-order valence-electron chi connectivity index (χ0n) is 13.9. The van der Waals surface area contributed by atoms with Gasteiger partial charge in [-0.25, -0.2) is 0 Å². The topological polar surface area (TPSA) is 74.7 Å². The second-order valence-corrected chi connectivity index (χ2v) is 8.32. The van der Waals surface area contributed by atoms with Gasteiger partial charge in [0.05, 0.1) is 11.8 Å². The number of amides is 2. The number of aliphatic carboxylic acids is 1. The fourth-order valence-corrected chi connectivity index (χ4v) is 6.11.